The number of hydrogen-bond donors (Lipinski definition) is 0. The Bertz CT molecular complexity index is 13.5. The first-order valence-electron chi connectivity index (χ1n) is 0. The fourth-order valence-electron chi connectivity index (χ4n) is 0. The molecule has 0 radical (unpaired) electrons. The third kappa shape index (κ3) is 10.0. The third-order valence-corrected chi connectivity index (χ3v) is 0. The molecule has 0 N–H and O–H groups in total. The van der Waals surface area contributed by atoms with Gasteiger partial charge >= 0.3 is 29.0 Å². The molecule has 0 amide bonds. The quantitative estimate of drug-likeness (QED) is 0.357. The number of halogens is 1. The van der Waals surface area contributed by atoms with E-state index in [2.05, 4.69) is 0 Å². The van der Waals surface area contributed by atoms with E-state index in [4.69, 9.17) is 0 Å². The van der Waals surface area contributed by atoms with E-state index in [-0.39, 0.29) is 57.6 Å². The van der Waals surface area contributed by atoms with Crippen LogP contribution in [0.4, 0.5) is 0 Å². The van der Waals surface area contributed by atoms with E-state index in [0.717, 1.165) is 0 Å². The van der Waals surface area contributed by atoms with Crippen molar-refractivity contribution in [2.24, 2.45) is 0 Å². The smallest absolute Gasteiger partial charge is 1.00 e. The molecule has 0 aromatic heterocycles. The van der Waals surface area contributed by atoms with Crippen molar-refractivity contribution in [2.45, 2.75) is 0 Å². The van der Waals surface area contributed by atoms with E-state index in [9.17, 15) is 0 Å². The first-order valence-corrected chi connectivity index (χ1v) is 0. The molecule has 0 unspecified atom stereocenters. The van der Waals surface area contributed by atoms with Crippen LogP contribution in [0.3, 0.4) is 0 Å². The van der Waals surface area contributed by atoms with Crippen LogP contribution >= 0.6 is 0 Å². The number of rotatable bonds is 0. The first kappa shape index (κ1) is 54.0. The van der Waals surface area contributed by atoms with Crippen molar-refractivity contribution in [2.75, 3.05) is 0 Å². The molecule has 0 aliphatic heterocycles. The third-order valence-electron chi connectivity index (χ3n) is 0. The summed E-state index contributed by atoms with van der Waals surface area (Å²) in [7, 11) is 0. The maximum atomic E-state index is 0. The molecule has 0 aliphatic rings. The van der Waals surface area contributed by atoms with Crippen molar-refractivity contribution < 1.29 is 47.5 Å². The van der Waals surface area contributed by atoms with E-state index in [0.29, 0.717) is 0 Å². The van der Waals surface area contributed by atoms with Gasteiger partial charge in [-0.15, -0.1) is 0 Å². The van der Waals surface area contributed by atoms with Gasteiger partial charge in [0.2, 0.25) is 0 Å². The predicted octanol–water partition coefficient (Wildman–Crippen LogP) is -6.15. The normalized spacial score (nSPS) is 0. The SMILES string of the molecule is [Be+2].[F-].[H-].[H-].[Li+].[W]. The van der Waals surface area contributed by atoms with Gasteiger partial charge in [0.05, 0.1) is 0 Å². The maximum Gasteiger partial charge on any atom is 2.00 e. The fourth-order valence-corrected chi connectivity index (χ4v) is 0. The topological polar surface area (TPSA) is 0 Å². The molecule has 0 nitrogen and oxygen atoms in total. The van der Waals surface area contributed by atoms with Crippen molar-refractivity contribution in [3.05, 3.63) is 0 Å². The second-order valence-electron chi connectivity index (χ2n) is 0. The van der Waals surface area contributed by atoms with Crippen molar-refractivity contribution >= 4 is 10.1 Å². The molecule has 0 atom stereocenters. The van der Waals surface area contributed by atoms with E-state index >= 15 is 0 Å². The molecule has 0 aromatic carbocycles. The summed E-state index contributed by atoms with van der Waals surface area (Å²) in [5, 5.41) is 0. The molecule has 0 spiro atoms. The summed E-state index contributed by atoms with van der Waals surface area (Å²) in [6, 6.07) is 0. The Morgan fingerprint density at radius 3 is 1.25 bits per heavy atom. The van der Waals surface area contributed by atoms with Crippen LogP contribution in [-0.4, -0.2) is 10.1 Å². The van der Waals surface area contributed by atoms with Gasteiger partial charge in [0.1, 0.15) is 0 Å². The Morgan fingerprint density at radius 2 is 1.25 bits per heavy atom. The average molecular weight is 221 g/mol. The average Bonchev–Trinajstić information content (AvgIpc) is 0. The standard InChI is InChI=1S/Be.FH.Li.W.2H/h;1H;;;;/q+2;;+1;;2*-1/p-1. The van der Waals surface area contributed by atoms with Crippen LogP contribution in [-0.2, 0) is 21.1 Å². The van der Waals surface area contributed by atoms with Crippen LogP contribution in [0, 0.1) is 0 Å². The van der Waals surface area contributed by atoms with Crippen LogP contribution in [0.5, 0.6) is 0 Å². The van der Waals surface area contributed by atoms with Gasteiger partial charge in [-0.1, -0.05) is 0 Å². The van der Waals surface area contributed by atoms with E-state index in [1.54, 1.807) is 0 Å². The number of hydrogen-bond acceptors (Lipinski definition) is 0. The van der Waals surface area contributed by atoms with Gasteiger partial charge in [0, 0.05) is 21.1 Å². The largest absolute Gasteiger partial charge is 2.00 e. The molecule has 0 saturated carbocycles. The van der Waals surface area contributed by atoms with Crippen LogP contribution in [0.2, 0.25) is 0 Å². The summed E-state index contributed by atoms with van der Waals surface area (Å²) >= 11 is 0. The minimum absolute atomic E-state index is 0. The van der Waals surface area contributed by atoms with Gasteiger partial charge in [-0.25, -0.2) is 0 Å². The fraction of sp³-hybridized carbons (Fsp3) is 0. The predicted molar refractivity (Wildman–Crippen MR) is 7.98 cm³/mol. The molecule has 0 aromatic rings. The molecule has 4 heavy (non-hydrogen) atoms. The zero-order chi connectivity index (χ0) is 0. The summed E-state index contributed by atoms with van der Waals surface area (Å²) in [6.07, 6.45) is 0. The minimum Gasteiger partial charge on any atom is -1.00 e. The molecule has 0 saturated heterocycles. The molecular weight excluding hydrogens is 219 g/mol. The molecule has 0 heterocycles. The maximum absolute atomic E-state index is 0. The van der Waals surface area contributed by atoms with Gasteiger partial charge < -0.3 is 7.56 Å². The van der Waals surface area contributed by atoms with Crippen molar-refractivity contribution in [3.8, 4) is 0 Å². The molecule has 4 heteroatoms. The van der Waals surface area contributed by atoms with E-state index in [1.807, 2.05) is 0 Å². The Morgan fingerprint density at radius 1 is 1.25 bits per heavy atom. The molecule has 0 bridgehead atoms. The zero-order valence-electron chi connectivity index (χ0n) is 4.49. The van der Waals surface area contributed by atoms with Crippen LogP contribution in [0.15, 0.2) is 0 Å². The molecule has 0 fully saturated rings. The van der Waals surface area contributed by atoms with Crippen molar-refractivity contribution in [1.82, 2.24) is 0 Å². The summed E-state index contributed by atoms with van der Waals surface area (Å²) in [5.74, 6) is 0. The molecule has 0 aliphatic carbocycles. The monoisotopic (exact) mass is 221 g/mol. The summed E-state index contributed by atoms with van der Waals surface area (Å²) < 4.78 is 0. The Hall–Kier alpha value is 1.38. The van der Waals surface area contributed by atoms with Gasteiger partial charge in [-0.05, 0) is 0 Å². The van der Waals surface area contributed by atoms with Crippen LogP contribution < -0.4 is 23.6 Å². The van der Waals surface area contributed by atoms with Gasteiger partial charge in [-0.3, -0.25) is 0 Å². The summed E-state index contributed by atoms with van der Waals surface area (Å²) in [4.78, 5) is 0. The van der Waals surface area contributed by atoms with Crippen LogP contribution in [0.25, 0.3) is 0 Å². The minimum atomic E-state index is 0. The molecule has 18 valence electrons. The van der Waals surface area contributed by atoms with Gasteiger partial charge in [-0.2, -0.15) is 0 Å². The van der Waals surface area contributed by atoms with E-state index in [1.165, 1.54) is 0 Å². The van der Waals surface area contributed by atoms with Gasteiger partial charge in [0.25, 0.3) is 0 Å². The first-order chi connectivity index (χ1) is 0. The zero-order valence-corrected chi connectivity index (χ0v) is 5.43. The van der Waals surface area contributed by atoms with E-state index < -0.39 is 0 Å². The molecular formula is H2BeFLiW. The molecule has 0 rings (SSSR count). The second kappa shape index (κ2) is 26.2. The Balaban J connectivity index is 0. The van der Waals surface area contributed by atoms with Crippen molar-refractivity contribution in [3.63, 3.8) is 0 Å². The summed E-state index contributed by atoms with van der Waals surface area (Å²) in [5.41, 5.74) is 0. The Labute approximate surface area is 57.7 Å². The summed E-state index contributed by atoms with van der Waals surface area (Å²) in [6.45, 7) is 0. The second-order valence-corrected chi connectivity index (χ2v) is 0. The van der Waals surface area contributed by atoms with Gasteiger partial charge in [0.15, 0.2) is 0 Å². The van der Waals surface area contributed by atoms with Crippen molar-refractivity contribution in [1.29, 1.82) is 0 Å². The Kier molecular flexibility index (Phi) is 354. The van der Waals surface area contributed by atoms with Crippen LogP contribution in [0.1, 0.15) is 2.85 Å².